The lowest BCUT2D eigenvalue weighted by molar-refractivity contribution is 0.0977. The molecule has 2 aromatic rings. The molecule has 1 saturated heterocycles. The van der Waals surface area contributed by atoms with Crippen LogP contribution >= 0.6 is 23.8 Å². The van der Waals surface area contributed by atoms with Crippen molar-refractivity contribution in [3.63, 3.8) is 0 Å². The largest absolute Gasteiger partial charge is 0.494 e. The number of nitrogens with one attached hydrogen (secondary N) is 2. The van der Waals surface area contributed by atoms with Crippen molar-refractivity contribution in [1.29, 1.82) is 0 Å². The van der Waals surface area contributed by atoms with Gasteiger partial charge in [-0.3, -0.25) is 10.1 Å². The molecular formula is C23H28ClN3O2S. The van der Waals surface area contributed by atoms with Crippen molar-refractivity contribution >= 4 is 46.2 Å². The number of halogens is 1. The number of carbonyl (C=O) groups is 1. The predicted octanol–water partition coefficient (Wildman–Crippen LogP) is 5.49. The summed E-state index contributed by atoms with van der Waals surface area (Å²) in [7, 11) is 0. The molecule has 0 aromatic heterocycles. The number of carbonyl (C=O) groups excluding carboxylic acids is 1. The van der Waals surface area contributed by atoms with Gasteiger partial charge in [-0.1, -0.05) is 25.4 Å². The number of ether oxygens (including phenoxy) is 1. The maximum absolute atomic E-state index is 12.4. The molecule has 2 N–H and O–H groups in total. The van der Waals surface area contributed by atoms with Gasteiger partial charge in [0.25, 0.3) is 5.91 Å². The third kappa shape index (κ3) is 6.09. The summed E-state index contributed by atoms with van der Waals surface area (Å²) in [5.41, 5.74) is 2.29. The first-order valence-electron chi connectivity index (χ1n) is 10.4. The average Bonchev–Trinajstić information content (AvgIpc) is 2.73. The number of thiocarbonyl (C=S) groups is 1. The molecule has 1 fully saturated rings. The minimum absolute atomic E-state index is 0.224. The number of rotatable bonds is 6. The zero-order valence-corrected chi connectivity index (χ0v) is 19.0. The maximum Gasteiger partial charge on any atom is 0.257 e. The van der Waals surface area contributed by atoms with Crippen molar-refractivity contribution < 1.29 is 9.53 Å². The summed E-state index contributed by atoms with van der Waals surface area (Å²) < 4.78 is 5.53. The van der Waals surface area contributed by atoms with E-state index in [9.17, 15) is 4.79 Å². The first-order valence-corrected chi connectivity index (χ1v) is 11.1. The molecule has 0 radical (unpaired) electrons. The Bertz CT molecular complexity index is 881. The van der Waals surface area contributed by atoms with Crippen LogP contribution in [0.25, 0.3) is 0 Å². The minimum Gasteiger partial charge on any atom is -0.494 e. The highest BCUT2D eigenvalue weighted by atomic mass is 35.5. The molecule has 5 nitrogen and oxygen atoms in total. The fourth-order valence-electron chi connectivity index (χ4n) is 3.35. The first-order chi connectivity index (χ1) is 14.5. The Labute approximate surface area is 188 Å². The Balaban J connectivity index is 1.55. The van der Waals surface area contributed by atoms with Gasteiger partial charge in [-0.05, 0) is 79.9 Å². The number of piperidine rings is 1. The van der Waals surface area contributed by atoms with Gasteiger partial charge in [0.05, 0.1) is 17.3 Å². The van der Waals surface area contributed by atoms with Crippen molar-refractivity contribution in [3.05, 3.63) is 53.1 Å². The molecule has 1 aliphatic rings. The van der Waals surface area contributed by atoms with Crippen LogP contribution in [-0.4, -0.2) is 30.7 Å². The van der Waals surface area contributed by atoms with E-state index in [0.717, 1.165) is 42.6 Å². The van der Waals surface area contributed by atoms with E-state index in [1.54, 1.807) is 24.3 Å². The van der Waals surface area contributed by atoms with Gasteiger partial charge >= 0.3 is 0 Å². The average molecular weight is 446 g/mol. The van der Waals surface area contributed by atoms with Crippen LogP contribution in [0.5, 0.6) is 5.75 Å². The van der Waals surface area contributed by atoms with Gasteiger partial charge in [-0.25, -0.2) is 0 Å². The summed E-state index contributed by atoms with van der Waals surface area (Å²) >= 11 is 11.8. The highest BCUT2D eigenvalue weighted by molar-refractivity contribution is 7.80. The van der Waals surface area contributed by atoms with Crippen molar-refractivity contribution in [1.82, 2.24) is 5.32 Å². The summed E-state index contributed by atoms with van der Waals surface area (Å²) in [5.74, 6) is 1.23. The summed E-state index contributed by atoms with van der Waals surface area (Å²) in [5, 5.41) is 6.62. The highest BCUT2D eigenvalue weighted by Crippen LogP contribution is 2.31. The molecule has 0 spiro atoms. The zero-order chi connectivity index (χ0) is 21.5. The molecule has 30 heavy (non-hydrogen) atoms. The van der Waals surface area contributed by atoms with Crippen molar-refractivity contribution in [2.24, 2.45) is 5.92 Å². The molecule has 0 saturated carbocycles. The second kappa shape index (κ2) is 10.6. The third-order valence-electron chi connectivity index (χ3n) is 5.15. The van der Waals surface area contributed by atoms with Crippen LogP contribution in [0.15, 0.2) is 42.5 Å². The van der Waals surface area contributed by atoms with Gasteiger partial charge in [-0.15, -0.1) is 0 Å². The van der Waals surface area contributed by atoms with E-state index in [1.165, 1.54) is 12.8 Å². The van der Waals surface area contributed by atoms with Crippen molar-refractivity contribution in [3.8, 4) is 5.75 Å². The van der Waals surface area contributed by atoms with Crippen LogP contribution in [0.1, 0.15) is 43.5 Å². The molecule has 160 valence electrons. The Hall–Kier alpha value is -2.31. The fraction of sp³-hybridized carbons (Fsp3) is 0.391. The van der Waals surface area contributed by atoms with Crippen molar-refractivity contribution in [2.45, 2.75) is 33.1 Å². The Kier molecular flexibility index (Phi) is 7.94. The van der Waals surface area contributed by atoms with Gasteiger partial charge in [0, 0.05) is 24.3 Å². The van der Waals surface area contributed by atoms with E-state index >= 15 is 0 Å². The zero-order valence-electron chi connectivity index (χ0n) is 17.4. The number of amides is 1. The smallest absolute Gasteiger partial charge is 0.257 e. The summed E-state index contributed by atoms with van der Waals surface area (Å²) in [6.45, 7) is 7.02. The summed E-state index contributed by atoms with van der Waals surface area (Å²) in [4.78, 5) is 14.7. The van der Waals surface area contributed by atoms with Crippen LogP contribution in [0, 0.1) is 5.92 Å². The van der Waals surface area contributed by atoms with Gasteiger partial charge in [0.1, 0.15) is 5.75 Å². The molecule has 2 aromatic carbocycles. The monoisotopic (exact) mass is 445 g/mol. The van der Waals surface area contributed by atoms with Crippen LogP contribution in [-0.2, 0) is 0 Å². The number of hydrogen-bond donors (Lipinski definition) is 2. The standard InChI is InChI=1S/C23H28ClN3O2S/c1-3-14-29-19-7-4-17(5-8-19)22(28)26-23(30)25-18-6-9-21(20(24)15-18)27-12-10-16(2)11-13-27/h4-9,15-16H,3,10-14H2,1-2H3,(H2,25,26,28,30). The van der Waals surface area contributed by atoms with Gasteiger partial charge in [0.2, 0.25) is 0 Å². The van der Waals surface area contributed by atoms with E-state index in [4.69, 9.17) is 28.6 Å². The second-order valence-electron chi connectivity index (χ2n) is 7.62. The van der Waals surface area contributed by atoms with Crippen LogP contribution < -0.4 is 20.3 Å². The molecule has 0 aliphatic carbocycles. The molecule has 7 heteroatoms. The Morgan fingerprint density at radius 3 is 2.53 bits per heavy atom. The molecule has 0 atom stereocenters. The molecule has 1 amide bonds. The molecule has 3 rings (SSSR count). The second-order valence-corrected chi connectivity index (χ2v) is 8.43. The lowest BCUT2D eigenvalue weighted by Crippen LogP contribution is -2.34. The summed E-state index contributed by atoms with van der Waals surface area (Å²) in [6.07, 6.45) is 3.29. The molecule has 1 heterocycles. The number of anilines is 2. The van der Waals surface area contributed by atoms with E-state index in [-0.39, 0.29) is 11.0 Å². The SMILES string of the molecule is CCCOc1ccc(C(=O)NC(=S)Nc2ccc(N3CCC(C)CC3)c(Cl)c2)cc1. The van der Waals surface area contributed by atoms with E-state index < -0.39 is 0 Å². The normalized spacial score (nSPS) is 14.3. The summed E-state index contributed by atoms with van der Waals surface area (Å²) in [6, 6.07) is 12.8. The lowest BCUT2D eigenvalue weighted by atomic mass is 9.99. The molecule has 0 bridgehead atoms. The topological polar surface area (TPSA) is 53.6 Å². The molecule has 1 aliphatic heterocycles. The fourth-order valence-corrected chi connectivity index (χ4v) is 3.86. The van der Waals surface area contributed by atoms with Crippen LogP contribution in [0.2, 0.25) is 5.02 Å². The van der Waals surface area contributed by atoms with Gasteiger partial charge in [0.15, 0.2) is 5.11 Å². The highest BCUT2D eigenvalue weighted by Gasteiger charge is 2.18. The van der Waals surface area contributed by atoms with Crippen molar-refractivity contribution in [2.75, 3.05) is 29.9 Å². The minimum atomic E-state index is -0.278. The number of nitrogens with zero attached hydrogens (tertiary/aromatic N) is 1. The Morgan fingerprint density at radius 1 is 1.20 bits per heavy atom. The number of benzene rings is 2. The van der Waals surface area contributed by atoms with E-state index in [1.807, 2.05) is 25.1 Å². The predicted molar refractivity (Wildman–Crippen MR) is 128 cm³/mol. The quantitative estimate of drug-likeness (QED) is 0.575. The van der Waals surface area contributed by atoms with Crippen LogP contribution in [0.3, 0.4) is 0 Å². The van der Waals surface area contributed by atoms with Gasteiger partial charge in [-0.2, -0.15) is 0 Å². The Morgan fingerprint density at radius 2 is 1.90 bits per heavy atom. The maximum atomic E-state index is 12.4. The molecule has 0 unspecified atom stereocenters. The van der Waals surface area contributed by atoms with E-state index in [2.05, 4.69) is 22.5 Å². The van der Waals surface area contributed by atoms with E-state index in [0.29, 0.717) is 17.2 Å². The molecular weight excluding hydrogens is 418 g/mol. The third-order valence-corrected chi connectivity index (χ3v) is 5.65. The number of hydrogen-bond acceptors (Lipinski definition) is 4. The van der Waals surface area contributed by atoms with Gasteiger partial charge < -0.3 is 15.0 Å². The first kappa shape index (κ1) is 22.4. The van der Waals surface area contributed by atoms with Crippen LogP contribution in [0.4, 0.5) is 11.4 Å². The lowest BCUT2D eigenvalue weighted by Gasteiger charge is -2.32.